The van der Waals surface area contributed by atoms with Gasteiger partial charge in [-0.15, -0.1) is 0 Å². The topological polar surface area (TPSA) is 95.4 Å². The van der Waals surface area contributed by atoms with Crippen molar-refractivity contribution >= 4 is 17.8 Å². The number of alkyl halides is 3. The van der Waals surface area contributed by atoms with Crippen LogP contribution in [0.3, 0.4) is 0 Å². The van der Waals surface area contributed by atoms with E-state index in [1.54, 1.807) is 0 Å². The number of carbonyl (C=O) groups is 2. The lowest BCUT2D eigenvalue weighted by molar-refractivity contribution is -0.141. The highest BCUT2D eigenvalue weighted by Gasteiger charge is 2.36. The van der Waals surface area contributed by atoms with Crippen molar-refractivity contribution in [3.63, 3.8) is 0 Å². The monoisotopic (exact) mass is 304 g/mol. The first-order chi connectivity index (χ1) is 9.79. The molecule has 1 unspecified atom stereocenters. The van der Waals surface area contributed by atoms with Crippen LogP contribution in [0.15, 0.2) is 12.3 Å². The van der Waals surface area contributed by atoms with Gasteiger partial charge in [-0.2, -0.15) is 13.2 Å². The Morgan fingerprint density at radius 3 is 2.86 bits per heavy atom. The second-order valence-corrected chi connectivity index (χ2v) is 4.34. The fourth-order valence-electron chi connectivity index (χ4n) is 1.97. The molecule has 2 heterocycles. The summed E-state index contributed by atoms with van der Waals surface area (Å²) in [6.45, 7) is 0.305. The Bertz CT molecular complexity index is 564. The van der Waals surface area contributed by atoms with Crippen molar-refractivity contribution in [1.29, 1.82) is 0 Å². The van der Waals surface area contributed by atoms with E-state index in [-0.39, 0.29) is 19.0 Å². The lowest BCUT2D eigenvalue weighted by Gasteiger charge is -2.34. The highest BCUT2D eigenvalue weighted by Crippen LogP contribution is 2.28. The van der Waals surface area contributed by atoms with E-state index >= 15 is 0 Å². The molecule has 1 amide bonds. The van der Waals surface area contributed by atoms with E-state index in [0.29, 0.717) is 6.07 Å². The van der Waals surface area contributed by atoms with E-state index in [2.05, 4.69) is 15.3 Å². The summed E-state index contributed by atoms with van der Waals surface area (Å²) in [6, 6.07) is -0.431. The predicted octanol–water partition coefficient (Wildman–Crippen LogP) is 0.275. The van der Waals surface area contributed by atoms with Crippen LogP contribution in [0.4, 0.5) is 19.1 Å². The first-order valence-electron chi connectivity index (χ1n) is 5.95. The van der Waals surface area contributed by atoms with E-state index in [1.165, 1.54) is 4.90 Å². The highest BCUT2D eigenvalue weighted by atomic mass is 19.4. The van der Waals surface area contributed by atoms with Gasteiger partial charge in [-0.25, -0.2) is 9.97 Å². The molecule has 1 aromatic rings. The number of halogens is 3. The maximum atomic E-state index is 12.6. The summed E-state index contributed by atoms with van der Waals surface area (Å²) in [7, 11) is 0. The summed E-state index contributed by atoms with van der Waals surface area (Å²) < 4.78 is 37.9. The van der Waals surface area contributed by atoms with E-state index in [1.807, 2.05) is 0 Å². The van der Waals surface area contributed by atoms with Gasteiger partial charge in [0.15, 0.2) is 0 Å². The summed E-state index contributed by atoms with van der Waals surface area (Å²) in [5, 5.41) is 11.3. The molecule has 1 atom stereocenters. The van der Waals surface area contributed by atoms with Gasteiger partial charge in [0.05, 0.1) is 6.42 Å². The fourth-order valence-corrected chi connectivity index (χ4v) is 1.97. The smallest absolute Gasteiger partial charge is 0.433 e. The normalized spacial score (nSPS) is 19.3. The van der Waals surface area contributed by atoms with Crippen LogP contribution in [0.2, 0.25) is 0 Å². The number of aliphatic carboxylic acids is 1. The quantitative estimate of drug-likeness (QED) is 0.832. The van der Waals surface area contributed by atoms with Crippen molar-refractivity contribution in [2.24, 2.45) is 0 Å². The minimum Gasteiger partial charge on any atom is -0.481 e. The van der Waals surface area contributed by atoms with Gasteiger partial charge in [-0.05, 0) is 6.07 Å². The Balaban J connectivity index is 2.33. The lowest BCUT2D eigenvalue weighted by Crippen LogP contribution is -2.56. The third-order valence-corrected chi connectivity index (χ3v) is 2.89. The number of aromatic nitrogens is 2. The molecule has 1 fully saturated rings. The van der Waals surface area contributed by atoms with Gasteiger partial charge in [-0.3, -0.25) is 9.59 Å². The highest BCUT2D eigenvalue weighted by molar-refractivity contribution is 5.89. The minimum absolute atomic E-state index is 0.130. The van der Waals surface area contributed by atoms with Crippen LogP contribution in [-0.4, -0.2) is 46.1 Å². The Morgan fingerprint density at radius 1 is 1.52 bits per heavy atom. The van der Waals surface area contributed by atoms with Crippen LogP contribution in [0, 0.1) is 0 Å². The summed E-state index contributed by atoms with van der Waals surface area (Å²) in [5.74, 6) is -2.13. The maximum Gasteiger partial charge on any atom is 0.433 e. The Hall–Kier alpha value is -2.39. The lowest BCUT2D eigenvalue weighted by atomic mass is 10.1. The maximum absolute atomic E-state index is 12.6. The molecule has 21 heavy (non-hydrogen) atoms. The molecule has 114 valence electrons. The molecule has 1 aromatic heterocycles. The molecular formula is C11H11F3N4O3. The van der Waals surface area contributed by atoms with Gasteiger partial charge in [0.1, 0.15) is 11.7 Å². The Morgan fingerprint density at radius 2 is 2.24 bits per heavy atom. The van der Waals surface area contributed by atoms with E-state index in [9.17, 15) is 22.8 Å². The number of hydrogen-bond acceptors (Lipinski definition) is 5. The third kappa shape index (κ3) is 3.38. The summed E-state index contributed by atoms with van der Waals surface area (Å²) in [6.07, 6.45) is -4.26. The van der Waals surface area contributed by atoms with Gasteiger partial charge in [0.25, 0.3) is 0 Å². The van der Waals surface area contributed by atoms with Crippen LogP contribution >= 0.6 is 0 Å². The molecular weight excluding hydrogens is 293 g/mol. The number of piperazine rings is 1. The summed E-state index contributed by atoms with van der Waals surface area (Å²) >= 11 is 0. The van der Waals surface area contributed by atoms with Crippen molar-refractivity contribution in [2.75, 3.05) is 18.0 Å². The number of anilines is 1. The minimum atomic E-state index is -4.64. The van der Waals surface area contributed by atoms with Crippen molar-refractivity contribution in [3.8, 4) is 0 Å². The molecule has 1 saturated heterocycles. The first-order valence-corrected chi connectivity index (χ1v) is 5.95. The second kappa shape index (κ2) is 5.54. The number of rotatable bonds is 3. The first kappa shape index (κ1) is 15.0. The fraction of sp³-hybridized carbons (Fsp3) is 0.455. The SMILES string of the molecule is O=C(O)CC1C(=O)NCCN1c1nccc(C(F)(F)F)n1. The van der Waals surface area contributed by atoms with Gasteiger partial charge >= 0.3 is 12.1 Å². The number of carbonyl (C=O) groups excluding carboxylic acids is 1. The van der Waals surface area contributed by atoms with E-state index < -0.39 is 36.2 Å². The number of hydrogen-bond donors (Lipinski definition) is 2. The zero-order chi connectivity index (χ0) is 15.6. The van der Waals surface area contributed by atoms with E-state index in [4.69, 9.17) is 5.11 Å². The van der Waals surface area contributed by atoms with Gasteiger partial charge in [0, 0.05) is 19.3 Å². The molecule has 0 radical (unpaired) electrons. The zero-order valence-electron chi connectivity index (χ0n) is 10.6. The molecule has 2 N–H and O–H groups in total. The van der Waals surface area contributed by atoms with Crippen molar-refractivity contribution in [3.05, 3.63) is 18.0 Å². The van der Waals surface area contributed by atoms with Gasteiger partial charge in [-0.1, -0.05) is 0 Å². The van der Waals surface area contributed by atoms with E-state index in [0.717, 1.165) is 6.20 Å². The molecule has 0 bridgehead atoms. The van der Waals surface area contributed by atoms with Crippen molar-refractivity contribution in [2.45, 2.75) is 18.6 Å². The number of carboxylic acid groups (broad SMARTS) is 1. The van der Waals surface area contributed by atoms with Gasteiger partial charge < -0.3 is 15.3 Å². The number of nitrogens with one attached hydrogen (secondary N) is 1. The summed E-state index contributed by atoms with van der Waals surface area (Å²) in [5.41, 5.74) is -1.15. The predicted molar refractivity (Wildman–Crippen MR) is 63.4 cm³/mol. The molecule has 1 aliphatic heterocycles. The van der Waals surface area contributed by atoms with Crippen LogP contribution < -0.4 is 10.2 Å². The standard InChI is InChI=1S/C11H11F3N4O3/c12-11(13,14)7-1-2-16-10(17-7)18-4-3-15-9(21)6(18)5-8(19)20/h1-2,6H,3-5H2,(H,15,21)(H,19,20). The average Bonchev–Trinajstić information content (AvgIpc) is 2.40. The van der Waals surface area contributed by atoms with Crippen LogP contribution in [0.1, 0.15) is 12.1 Å². The summed E-state index contributed by atoms with van der Waals surface area (Å²) in [4.78, 5) is 30.7. The van der Waals surface area contributed by atoms with Gasteiger partial charge in [0.2, 0.25) is 11.9 Å². The second-order valence-electron chi connectivity index (χ2n) is 4.34. The Labute approximate surface area is 116 Å². The number of amides is 1. The average molecular weight is 304 g/mol. The molecule has 0 aliphatic carbocycles. The van der Waals surface area contributed by atoms with Crippen LogP contribution in [0.5, 0.6) is 0 Å². The zero-order valence-corrected chi connectivity index (χ0v) is 10.6. The largest absolute Gasteiger partial charge is 0.481 e. The Kier molecular flexibility index (Phi) is 3.96. The van der Waals surface area contributed by atoms with Crippen molar-refractivity contribution in [1.82, 2.24) is 15.3 Å². The molecule has 1 aliphatic rings. The van der Waals surface area contributed by atoms with Crippen LogP contribution in [0.25, 0.3) is 0 Å². The number of nitrogens with zero attached hydrogens (tertiary/aromatic N) is 3. The molecule has 2 rings (SSSR count). The molecule has 0 saturated carbocycles. The van der Waals surface area contributed by atoms with Crippen molar-refractivity contribution < 1.29 is 27.9 Å². The molecule has 7 nitrogen and oxygen atoms in total. The number of carboxylic acids is 1. The molecule has 10 heteroatoms. The molecule has 0 aromatic carbocycles. The third-order valence-electron chi connectivity index (χ3n) is 2.89. The van der Waals surface area contributed by atoms with Crippen LogP contribution in [-0.2, 0) is 15.8 Å². The molecule has 0 spiro atoms.